The van der Waals surface area contributed by atoms with Gasteiger partial charge in [0.15, 0.2) is 10.6 Å². The van der Waals surface area contributed by atoms with Gasteiger partial charge in [-0.1, -0.05) is 23.5 Å². The molecule has 1 amide bonds. The molecule has 118 valence electrons. The number of benzene rings is 1. The average molecular weight is 330 g/mol. The summed E-state index contributed by atoms with van der Waals surface area (Å²) in [5.41, 5.74) is 1.86. The highest BCUT2D eigenvalue weighted by Crippen LogP contribution is 2.21. The number of hydrogen-bond acceptors (Lipinski definition) is 5. The van der Waals surface area contributed by atoms with Gasteiger partial charge in [-0.05, 0) is 30.7 Å². The summed E-state index contributed by atoms with van der Waals surface area (Å²) >= 11 is 1.34. The van der Waals surface area contributed by atoms with Gasteiger partial charge in [0.2, 0.25) is 0 Å². The first-order valence-electron chi connectivity index (χ1n) is 6.88. The van der Waals surface area contributed by atoms with Crippen molar-refractivity contribution in [2.24, 2.45) is 4.99 Å². The lowest BCUT2D eigenvalue weighted by atomic mass is 10.2. The molecule has 0 radical (unpaired) electrons. The minimum atomic E-state index is -0.488. The maximum atomic E-state index is 12.2. The summed E-state index contributed by atoms with van der Waals surface area (Å²) in [4.78, 5) is 28.4. The second-order valence-electron chi connectivity index (χ2n) is 4.86. The number of furan rings is 1. The Morgan fingerprint density at radius 3 is 2.83 bits per heavy atom. The number of thiazole rings is 1. The molecule has 0 saturated carbocycles. The standard InChI is InChI=1S/C16H14N2O4S/c1-10-5-3-7-12-14(10)18(9-13(19)21-2)16(23-12)17-15(20)11-6-4-8-22-11/h3-8H,9H2,1-2H3. The maximum absolute atomic E-state index is 12.2. The molecular formula is C16H14N2O4S. The lowest BCUT2D eigenvalue weighted by molar-refractivity contribution is -0.141. The number of aryl methyl sites for hydroxylation is 1. The Morgan fingerprint density at radius 1 is 1.30 bits per heavy atom. The van der Waals surface area contributed by atoms with E-state index < -0.39 is 11.9 Å². The van der Waals surface area contributed by atoms with E-state index in [2.05, 4.69) is 4.99 Å². The number of methoxy groups -OCH3 is 1. The van der Waals surface area contributed by atoms with Crippen LogP contribution >= 0.6 is 11.3 Å². The molecule has 0 fully saturated rings. The van der Waals surface area contributed by atoms with Gasteiger partial charge >= 0.3 is 11.9 Å². The number of carbonyl (C=O) groups excluding carboxylic acids is 2. The third kappa shape index (κ3) is 2.95. The molecule has 23 heavy (non-hydrogen) atoms. The van der Waals surface area contributed by atoms with Crippen molar-refractivity contribution in [1.29, 1.82) is 0 Å². The molecule has 0 bridgehead atoms. The van der Waals surface area contributed by atoms with Crippen molar-refractivity contribution in [3.05, 3.63) is 52.7 Å². The summed E-state index contributed by atoms with van der Waals surface area (Å²) in [5, 5.41) is 0. The van der Waals surface area contributed by atoms with Gasteiger partial charge < -0.3 is 13.7 Å². The third-order valence-electron chi connectivity index (χ3n) is 3.35. The number of aromatic nitrogens is 1. The van der Waals surface area contributed by atoms with Crippen LogP contribution in [-0.4, -0.2) is 23.6 Å². The molecule has 0 aliphatic heterocycles. The fourth-order valence-corrected chi connectivity index (χ4v) is 3.38. The highest BCUT2D eigenvalue weighted by molar-refractivity contribution is 7.16. The minimum Gasteiger partial charge on any atom is -0.468 e. The Kier molecular flexibility index (Phi) is 4.12. The van der Waals surface area contributed by atoms with Gasteiger partial charge in [-0.3, -0.25) is 9.59 Å². The maximum Gasteiger partial charge on any atom is 0.325 e. The first kappa shape index (κ1) is 15.2. The van der Waals surface area contributed by atoms with Crippen molar-refractivity contribution >= 4 is 33.4 Å². The van der Waals surface area contributed by atoms with E-state index in [0.717, 1.165) is 15.8 Å². The molecule has 2 heterocycles. The first-order valence-corrected chi connectivity index (χ1v) is 7.70. The van der Waals surface area contributed by atoms with E-state index >= 15 is 0 Å². The summed E-state index contributed by atoms with van der Waals surface area (Å²) in [6.07, 6.45) is 1.42. The fraction of sp³-hybridized carbons (Fsp3) is 0.188. The lowest BCUT2D eigenvalue weighted by Gasteiger charge is -2.05. The van der Waals surface area contributed by atoms with Crippen molar-refractivity contribution in [2.45, 2.75) is 13.5 Å². The molecule has 3 rings (SSSR count). The molecule has 2 aromatic heterocycles. The number of esters is 1. The van der Waals surface area contributed by atoms with Crippen molar-refractivity contribution < 1.29 is 18.7 Å². The van der Waals surface area contributed by atoms with Gasteiger partial charge in [0.25, 0.3) is 0 Å². The highest BCUT2D eigenvalue weighted by Gasteiger charge is 2.14. The number of fused-ring (bicyclic) bond motifs is 1. The van der Waals surface area contributed by atoms with Crippen LogP contribution in [-0.2, 0) is 16.1 Å². The summed E-state index contributed by atoms with van der Waals surface area (Å²) < 4.78 is 12.5. The molecule has 0 atom stereocenters. The predicted octanol–water partition coefficient (Wildman–Crippen LogP) is 2.52. The van der Waals surface area contributed by atoms with Gasteiger partial charge in [-0.25, -0.2) is 0 Å². The van der Waals surface area contributed by atoms with Crippen LogP contribution in [0.4, 0.5) is 0 Å². The van der Waals surface area contributed by atoms with Gasteiger partial charge in [-0.15, -0.1) is 0 Å². The molecule has 7 heteroatoms. The number of ether oxygens (including phenoxy) is 1. The number of carbonyl (C=O) groups is 2. The van der Waals surface area contributed by atoms with E-state index in [1.807, 2.05) is 25.1 Å². The average Bonchev–Trinajstić information content (AvgIpc) is 3.16. The van der Waals surface area contributed by atoms with Crippen LogP contribution in [0.25, 0.3) is 10.2 Å². The van der Waals surface area contributed by atoms with E-state index in [1.54, 1.807) is 16.7 Å². The quantitative estimate of drug-likeness (QED) is 0.692. The van der Waals surface area contributed by atoms with Crippen LogP contribution in [0.2, 0.25) is 0 Å². The summed E-state index contributed by atoms with van der Waals surface area (Å²) in [5.74, 6) is -0.735. The minimum absolute atomic E-state index is 0.00831. The number of para-hydroxylation sites is 1. The van der Waals surface area contributed by atoms with Gasteiger partial charge in [-0.2, -0.15) is 4.99 Å². The van der Waals surface area contributed by atoms with Crippen molar-refractivity contribution in [1.82, 2.24) is 4.57 Å². The third-order valence-corrected chi connectivity index (χ3v) is 4.39. The van der Waals surface area contributed by atoms with Crippen LogP contribution in [0.15, 0.2) is 46.0 Å². The topological polar surface area (TPSA) is 73.8 Å². The van der Waals surface area contributed by atoms with Gasteiger partial charge in [0.1, 0.15) is 6.54 Å². The Hall–Kier alpha value is -2.67. The van der Waals surface area contributed by atoms with Crippen molar-refractivity contribution in [3.63, 3.8) is 0 Å². The highest BCUT2D eigenvalue weighted by atomic mass is 32.1. The van der Waals surface area contributed by atoms with E-state index in [1.165, 1.54) is 24.7 Å². The first-order chi connectivity index (χ1) is 11.1. The number of rotatable bonds is 3. The predicted molar refractivity (Wildman–Crippen MR) is 85.2 cm³/mol. The van der Waals surface area contributed by atoms with Crippen LogP contribution in [0.1, 0.15) is 16.1 Å². The smallest absolute Gasteiger partial charge is 0.325 e. The Balaban J connectivity index is 2.19. The van der Waals surface area contributed by atoms with Crippen LogP contribution in [0, 0.1) is 6.92 Å². The zero-order chi connectivity index (χ0) is 16.4. The molecule has 0 spiro atoms. The van der Waals surface area contributed by atoms with E-state index in [-0.39, 0.29) is 12.3 Å². The number of nitrogens with zero attached hydrogens (tertiary/aromatic N) is 2. The molecule has 0 aliphatic carbocycles. The molecular weight excluding hydrogens is 316 g/mol. The van der Waals surface area contributed by atoms with Crippen LogP contribution in [0.3, 0.4) is 0 Å². The van der Waals surface area contributed by atoms with Gasteiger partial charge in [0, 0.05) is 0 Å². The molecule has 0 aliphatic rings. The van der Waals surface area contributed by atoms with Crippen LogP contribution < -0.4 is 4.80 Å². The van der Waals surface area contributed by atoms with E-state index in [4.69, 9.17) is 9.15 Å². The molecule has 3 aromatic rings. The monoisotopic (exact) mass is 330 g/mol. The Bertz CT molecular complexity index is 935. The second-order valence-corrected chi connectivity index (χ2v) is 5.87. The van der Waals surface area contributed by atoms with E-state index in [9.17, 15) is 9.59 Å². The molecule has 0 saturated heterocycles. The summed E-state index contributed by atoms with van der Waals surface area (Å²) in [6.45, 7) is 1.94. The summed E-state index contributed by atoms with van der Waals surface area (Å²) in [6, 6.07) is 8.97. The molecule has 0 unspecified atom stereocenters. The SMILES string of the molecule is COC(=O)Cn1c(=NC(=O)c2ccco2)sc2cccc(C)c21. The largest absolute Gasteiger partial charge is 0.468 e. The van der Waals surface area contributed by atoms with E-state index in [0.29, 0.717) is 4.80 Å². The lowest BCUT2D eigenvalue weighted by Crippen LogP contribution is -2.22. The fourth-order valence-electron chi connectivity index (χ4n) is 2.28. The zero-order valence-corrected chi connectivity index (χ0v) is 13.4. The van der Waals surface area contributed by atoms with Crippen LogP contribution in [0.5, 0.6) is 0 Å². The summed E-state index contributed by atoms with van der Waals surface area (Å²) in [7, 11) is 1.33. The molecule has 1 aromatic carbocycles. The molecule has 0 N–H and O–H groups in total. The Morgan fingerprint density at radius 2 is 2.13 bits per heavy atom. The number of hydrogen-bond donors (Lipinski definition) is 0. The van der Waals surface area contributed by atoms with Crippen molar-refractivity contribution in [2.75, 3.05) is 7.11 Å². The Labute approximate surface area is 135 Å². The second kappa shape index (κ2) is 6.21. The van der Waals surface area contributed by atoms with Gasteiger partial charge in [0.05, 0.1) is 23.6 Å². The van der Waals surface area contributed by atoms with Crippen molar-refractivity contribution in [3.8, 4) is 0 Å². The molecule has 6 nitrogen and oxygen atoms in total. The zero-order valence-electron chi connectivity index (χ0n) is 12.6. The number of amides is 1. The normalized spacial score (nSPS) is 11.8.